The molecule has 0 fully saturated rings. The highest BCUT2D eigenvalue weighted by molar-refractivity contribution is 5.96. The van der Waals surface area contributed by atoms with Gasteiger partial charge in [-0.3, -0.25) is 34.1 Å². The molecular formula is C48H54N8O10. The predicted molar refractivity (Wildman–Crippen MR) is 243 cm³/mol. The first kappa shape index (κ1) is 49.1. The summed E-state index contributed by atoms with van der Waals surface area (Å²) in [6, 6.07) is 29.6. The molecule has 5 rings (SSSR count). The first-order valence-corrected chi connectivity index (χ1v) is 21.1. The number of non-ortho nitro benzene ring substituents is 1. The molecule has 18 nitrogen and oxygen atoms in total. The van der Waals surface area contributed by atoms with Crippen LogP contribution in [0.5, 0.6) is 0 Å². The van der Waals surface area contributed by atoms with Gasteiger partial charge in [0.25, 0.3) is 5.69 Å². The Morgan fingerprint density at radius 2 is 1.33 bits per heavy atom. The molecule has 5 aromatic rings. The second-order valence-corrected chi connectivity index (χ2v) is 17.1. The zero-order valence-electron chi connectivity index (χ0n) is 37.5. The van der Waals surface area contributed by atoms with Crippen LogP contribution in [0.25, 0.3) is 5.69 Å². The highest BCUT2D eigenvalue weighted by Crippen LogP contribution is 2.37. The molecule has 346 valence electrons. The number of aliphatic carboxylic acids is 1. The molecule has 2 unspecified atom stereocenters. The monoisotopic (exact) mass is 902 g/mol. The SMILES string of the molecule is Cc1cc([N+](=O)[O-])ccc1-n1cnc(CC(NC(=O)OC(C)(C)C)C(=O)NC(C)(C)C(=O)NC(CCC(=O)NC(c2ccccc2)(c2ccccc2)c2ccccc2)C(=O)NCC(=O)O)c1. The van der Waals surface area contributed by atoms with Crippen molar-refractivity contribution in [2.75, 3.05) is 6.54 Å². The molecule has 0 aliphatic carbocycles. The molecule has 4 aromatic carbocycles. The van der Waals surface area contributed by atoms with Crippen LogP contribution in [0.2, 0.25) is 0 Å². The average Bonchev–Trinajstić information content (AvgIpc) is 3.73. The fourth-order valence-electron chi connectivity index (χ4n) is 7.19. The molecule has 0 saturated heterocycles. The molecule has 5 amide bonds. The molecule has 0 saturated carbocycles. The number of ether oxygens (including phenoxy) is 1. The first-order chi connectivity index (χ1) is 31.2. The van der Waals surface area contributed by atoms with Gasteiger partial charge in [0.2, 0.25) is 23.6 Å². The van der Waals surface area contributed by atoms with Gasteiger partial charge < -0.3 is 41.0 Å². The maximum Gasteiger partial charge on any atom is 0.408 e. The van der Waals surface area contributed by atoms with E-state index >= 15 is 0 Å². The van der Waals surface area contributed by atoms with Crippen LogP contribution >= 0.6 is 0 Å². The fourth-order valence-corrected chi connectivity index (χ4v) is 7.19. The van der Waals surface area contributed by atoms with Crippen molar-refractivity contribution in [1.29, 1.82) is 0 Å². The first-order valence-electron chi connectivity index (χ1n) is 21.1. The van der Waals surface area contributed by atoms with Crippen molar-refractivity contribution < 1.29 is 43.5 Å². The summed E-state index contributed by atoms with van der Waals surface area (Å²) in [5.74, 6) is -4.41. The molecule has 0 spiro atoms. The normalized spacial score (nSPS) is 12.5. The van der Waals surface area contributed by atoms with Crippen LogP contribution in [0.3, 0.4) is 0 Å². The van der Waals surface area contributed by atoms with E-state index in [1.165, 1.54) is 32.3 Å². The number of nitrogens with one attached hydrogen (secondary N) is 5. The minimum absolute atomic E-state index is 0.0909. The predicted octanol–water partition coefficient (Wildman–Crippen LogP) is 4.99. The Morgan fingerprint density at radius 3 is 1.83 bits per heavy atom. The van der Waals surface area contributed by atoms with E-state index in [9.17, 15) is 44.0 Å². The van der Waals surface area contributed by atoms with E-state index < -0.39 is 75.9 Å². The highest BCUT2D eigenvalue weighted by atomic mass is 16.6. The molecule has 1 heterocycles. The summed E-state index contributed by atoms with van der Waals surface area (Å²) in [6.45, 7) is 8.58. The minimum Gasteiger partial charge on any atom is -0.480 e. The van der Waals surface area contributed by atoms with E-state index in [0.29, 0.717) is 16.9 Å². The largest absolute Gasteiger partial charge is 0.480 e. The molecule has 0 aliphatic rings. The van der Waals surface area contributed by atoms with E-state index in [1.807, 2.05) is 91.0 Å². The van der Waals surface area contributed by atoms with Crippen molar-refractivity contribution in [3.05, 3.63) is 160 Å². The van der Waals surface area contributed by atoms with E-state index in [1.54, 1.807) is 44.5 Å². The van der Waals surface area contributed by atoms with Crippen molar-refractivity contribution in [1.82, 2.24) is 36.1 Å². The number of carboxylic acid groups (broad SMARTS) is 1. The Kier molecular flexibility index (Phi) is 15.8. The van der Waals surface area contributed by atoms with Crippen molar-refractivity contribution >= 4 is 41.4 Å². The van der Waals surface area contributed by atoms with Gasteiger partial charge in [0.15, 0.2) is 0 Å². The van der Waals surface area contributed by atoms with E-state index in [-0.39, 0.29) is 24.9 Å². The van der Waals surface area contributed by atoms with Crippen LogP contribution in [-0.4, -0.2) is 85.0 Å². The number of rotatable bonds is 19. The fraction of sp³-hybridized carbons (Fsp3) is 0.312. The van der Waals surface area contributed by atoms with Crippen molar-refractivity contribution in [3.63, 3.8) is 0 Å². The third kappa shape index (κ3) is 12.9. The number of amides is 5. The maximum absolute atomic E-state index is 14.2. The zero-order chi connectivity index (χ0) is 48.2. The molecule has 0 radical (unpaired) electrons. The number of carbonyl (C=O) groups is 6. The topological polar surface area (TPSA) is 253 Å². The standard InChI is InChI=1S/C48H54N8O10/c1-31-26-36(56(64)65)22-24-39(31)55-29-35(50-30-55)27-38(52-45(63)66-46(2,3)4)43(61)54-47(5,6)44(62)51-37(42(60)49-28-41(58)59)23-25-40(57)53-48(32-16-10-7-11-17-32,33-18-12-8-13-19-33)34-20-14-9-15-21-34/h7-22,24,26,29-30,37-38H,23,25,27-28H2,1-6H3,(H,49,60)(H,51,62)(H,52,63)(H,53,57)(H,54,61)(H,58,59). The number of nitro groups is 1. The molecule has 18 heteroatoms. The number of carboxylic acids is 1. The number of aryl methyl sites for hydroxylation is 1. The van der Waals surface area contributed by atoms with Crippen LogP contribution < -0.4 is 26.6 Å². The zero-order valence-corrected chi connectivity index (χ0v) is 37.5. The van der Waals surface area contributed by atoms with Gasteiger partial charge in [0.05, 0.1) is 16.9 Å². The summed E-state index contributed by atoms with van der Waals surface area (Å²) >= 11 is 0. The molecular weight excluding hydrogens is 849 g/mol. The quantitative estimate of drug-likeness (QED) is 0.0366. The van der Waals surface area contributed by atoms with E-state index in [0.717, 1.165) is 16.7 Å². The number of alkyl carbamates (subject to hydrolysis) is 1. The lowest BCUT2D eigenvalue weighted by Gasteiger charge is -2.37. The van der Waals surface area contributed by atoms with Gasteiger partial charge in [0, 0.05) is 36.9 Å². The second kappa shape index (κ2) is 21.2. The summed E-state index contributed by atoms with van der Waals surface area (Å²) < 4.78 is 7.02. The summed E-state index contributed by atoms with van der Waals surface area (Å²) in [5.41, 5.74) is -0.210. The van der Waals surface area contributed by atoms with Crippen LogP contribution in [0.15, 0.2) is 122 Å². The van der Waals surface area contributed by atoms with Crippen LogP contribution in [-0.2, 0) is 40.7 Å². The van der Waals surface area contributed by atoms with Crippen molar-refractivity contribution in [2.45, 2.75) is 89.6 Å². The summed E-state index contributed by atoms with van der Waals surface area (Å²) in [5, 5.41) is 33.8. The number of carbonyl (C=O) groups excluding carboxylic acids is 5. The van der Waals surface area contributed by atoms with Gasteiger partial charge in [-0.05, 0) is 76.3 Å². The lowest BCUT2D eigenvalue weighted by atomic mass is 9.77. The van der Waals surface area contributed by atoms with Gasteiger partial charge in [-0.1, -0.05) is 91.0 Å². The Hall–Kier alpha value is -7.89. The molecule has 6 N–H and O–H groups in total. The van der Waals surface area contributed by atoms with Gasteiger partial charge in [-0.15, -0.1) is 0 Å². The molecule has 66 heavy (non-hydrogen) atoms. The van der Waals surface area contributed by atoms with Crippen LogP contribution in [0.4, 0.5) is 10.5 Å². The van der Waals surface area contributed by atoms with Gasteiger partial charge >= 0.3 is 12.1 Å². The number of nitrogens with zero attached hydrogens (tertiary/aromatic N) is 3. The summed E-state index contributed by atoms with van der Waals surface area (Å²) in [6.07, 6.45) is 1.34. The highest BCUT2D eigenvalue weighted by Gasteiger charge is 2.39. The molecule has 0 bridgehead atoms. The van der Waals surface area contributed by atoms with Gasteiger partial charge in [-0.25, -0.2) is 9.78 Å². The number of benzene rings is 4. The number of hydrogen-bond acceptors (Lipinski definition) is 10. The third-order valence-corrected chi connectivity index (χ3v) is 10.4. The van der Waals surface area contributed by atoms with Crippen LogP contribution in [0.1, 0.15) is 75.4 Å². The molecule has 1 aromatic heterocycles. The number of imidazole rings is 1. The Balaban J connectivity index is 1.36. The van der Waals surface area contributed by atoms with Crippen LogP contribution in [0, 0.1) is 17.0 Å². The number of aromatic nitrogens is 2. The lowest BCUT2D eigenvalue weighted by molar-refractivity contribution is -0.384. The maximum atomic E-state index is 14.2. The number of hydrogen-bond donors (Lipinski definition) is 6. The van der Waals surface area contributed by atoms with E-state index in [4.69, 9.17) is 4.74 Å². The molecule has 2 atom stereocenters. The smallest absolute Gasteiger partial charge is 0.408 e. The Morgan fingerprint density at radius 1 is 0.773 bits per heavy atom. The Labute approximate surface area is 381 Å². The average molecular weight is 903 g/mol. The minimum atomic E-state index is -1.77. The summed E-state index contributed by atoms with van der Waals surface area (Å²) in [7, 11) is 0. The lowest BCUT2D eigenvalue weighted by Crippen LogP contribution is -2.62. The van der Waals surface area contributed by atoms with Crippen molar-refractivity contribution in [3.8, 4) is 5.69 Å². The third-order valence-electron chi connectivity index (χ3n) is 10.4. The summed E-state index contributed by atoms with van der Waals surface area (Å²) in [4.78, 5) is 95.4. The number of nitro benzene ring substituents is 1. The Bertz CT molecular complexity index is 2440. The van der Waals surface area contributed by atoms with Gasteiger partial charge in [-0.2, -0.15) is 0 Å². The van der Waals surface area contributed by atoms with E-state index in [2.05, 4.69) is 31.6 Å². The second-order valence-electron chi connectivity index (χ2n) is 17.1. The van der Waals surface area contributed by atoms with Gasteiger partial charge in [0.1, 0.15) is 35.3 Å². The van der Waals surface area contributed by atoms with Crippen molar-refractivity contribution in [2.24, 2.45) is 0 Å². The molecule has 0 aliphatic heterocycles.